The summed E-state index contributed by atoms with van der Waals surface area (Å²) in [4.78, 5) is 21.1. The van der Waals surface area contributed by atoms with Gasteiger partial charge in [0.2, 0.25) is 0 Å². The second-order valence-corrected chi connectivity index (χ2v) is 5.37. The average molecular weight is 268 g/mol. The Kier molecular flexibility index (Phi) is 2.60. The summed E-state index contributed by atoms with van der Waals surface area (Å²) in [5.41, 5.74) is 4.59. The third-order valence-corrected chi connectivity index (χ3v) is 4.09. The Hall–Kier alpha value is -2.14. The van der Waals surface area contributed by atoms with E-state index in [9.17, 15) is 4.79 Å². The fourth-order valence-corrected chi connectivity index (χ4v) is 3.10. The molecule has 2 aromatic rings. The quantitative estimate of drug-likeness (QED) is 0.808. The third kappa shape index (κ3) is 1.82. The van der Waals surface area contributed by atoms with Gasteiger partial charge in [0.25, 0.3) is 0 Å². The Morgan fingerprint density at radius 1 is 1.15 bits per heavy atom. The van der Waals surface area contributed by atoms with E-state index in [1.165, 1.54) is 11.1 Å². The van der Waals surface area contributed by atoms with Crippen molar-refractivity contribution in [3.8, 4) is 0 Å². The Labute approximate surface area is 116 Å². The number of fused-ring (bicyclic) bond motifs is 2. The molecule has 0 amide bonds. The first-order chi connectivity index (χ1) is 9.81. The summed E-state index contributed by atoms with van der Waals surface area (Å²) in [6.45, 7) is 3.35. The van der Waals surface area contributed by atoms with Gasteiger partial charge in [-0.15, -0.1) is 0 Å². The molecule has 0 radical (unpaired) electrons. The molecular weight excluding hydrogens is 252 g/mol. The predicted octanol–water partition coefficient (Wildman–Crippen LogP) is 0.936. The average Bonchev–Trinajstić information content (AvgIpc) is 2.90. The van der Waals surface area contributed by atoms with Crippen LogP contribution in [0.5, 0.6) is 0 Å². The molecule has 2 aliphatic rings. The number of nitrogens with zero attached hydrogens (tertiary/aromatic N) is 2. The molecule has 2 aliphatic heterocycles. The summed E-state index contributed by atoms with van der Waals surface area (Å²) in [5.74, 6) is 0.840. The van der Waals surface area contributed by atoms with E-state index < -0.39 is 0 Å². The molecule has 0 atom stereocenters. The maximum absolute atomic E-state index is 11.8. The lowest BCUT2D eigenvalue weighted by atomic mass is 10.1. The Morgan fingerprint density at radius 3 is 2.65 bits per heavy atom. The summed E-state index contributed by atoms with van der Waals surface area (Å²) in [6.07, 6.45) is 0.862. The van der Waals surface area contributed by atoms with Gasteiger partial charge in [0, 0.05) is 43.9 Å². The van der Waals surface area contributed by atoms with Gasteiger partial charge in [-0.2, -0.15) is 4.98 Å². The van der Waals surface area contributed by atoms with Gasteiger partial charge in [0.15, 0.2) is 0 Å². The number of hydrogen-bond acceptors (Lipinski definition) is 4. The van der Waals surface area contributed by atoms with Crippen LogP contribution < -0.4 is 15.9 Å². The highest BCUT2D eigenvalue weighted by Crippen LogP contribution is 2.30. The number of rotatable bonds is 1. The summed E-state index contributed by atoms with van der Waals surface area (Å²) in [6, 6.07) is 8.41. The van der Waals surface area contributed by atoms with E-state index in [4.69, 9.17) is 0 Å². The van der Waals surface area contributed by atoms with Gasteiger partial charge in [-0.3, -0.25) is 0 Å². The molecule has 0 fully saturated rings. The van der Waals surface area contributed by atoms with Crippen LogP contribution in [0, 0.1) is 0 Å². The lowest BCUT2D eigenvalue weighted by Gasteiger charge is -2.24. The summed E-state index contributed by atoms with van der Waals surface area (Å²) in [7, 11) is 0. The van der Waals surface area contributed by atoms with Crippen molar-refractivity contribution in [3.05, 3.63) is 57.1 Å². The van der Waals surface area contributed by atoms with Crippen molar-refractivity contribution < 1.29 is 0 Å². The normalized spacial score (nSPS) is 16.9. The number of benzene rings is 1. The first-order valence-electron chi connectivity index (χ1n) is 6.96. The largest absolute Gasteiger partial charge is 0.347 e. The van der Waals surface area contributed by atoms with Crippen molar-refractivity contribution in [1.82, 2.24) is 15.3 Å². The van der Waals surface area contributed by atoms with Crippen molar-refractivity contribution in [3.63, 3.8) is 0 Å². The number of anilines is 1. The van der Waals surface area contributed by atoms with Gasteiger partial charge in [-0.25, -0.2) is 4.79 Å². The minimum absolute atomic E-state index is 0.239. The van der Waals surface area contributed by atoms with Crippen LogP contribution in [0.4, 0.5) is 5.82 Å². The summed E-state index contributed by atoms with van der Waals surface area (Å²) >= 11 is 0. The fourth-order valence-electron chi connectivity index (χ4n) is 3.10. The van der Waals surface area contributed by atoms with Gasteiger partial charge in [-0.05, 0) is 11.1 Å². The van der Waals surface area contributed by atoms with Crippen molar-refractivity contribution in [2.45, 2.75) is 26.1 Å². The van der Waals surface area contributed by atoms with Crippen LogP contribution in [0.15, 0.2) is 29.1 Å². The maximum atomic E-state index is 11.8. The van der Waals surface area contributed by atoms with Crippen LogP contribution in [-0.4, -0.2) is 16.5 Å². The van der Waals surface area contributed by atoms with E-state index in [1.54, 1.807) is 0 Å². The molecule has 0 bridgehead atoms. The molecule has 0 unspecified atom stereocenters. The van der Waals surface area contributed by atoms with Crippen LogP contribution in [-0.2, 0) is 26.1 Å². The molecule has 5 nitrogen and oxygen atoms in total. The first kappa shape index (κ1) is 11.7. The van der Waals surface area contributed by atoms with Gasteiger partial charge >= 0.3 is 5.69 Å². The van der Waals surface area contributed by atoms with Gasteiger partial charge in [0.1, 0.15) is 5.82 Å². The van der Waals surface area contributed by atoms with E-state index in [0.717, 1.165) is 49.7 Å². The smallest absolute Gasteiger partial charge is 0.347 e. The minimum atomic E-state index is -0.239. The first-order valence-corrected chi connectivity index (χ1v) is 6.96. The van der Waals surface area contributed by atoms with Crippen LogP contribution in [0.1, 0.15) is 22.4 Å². The summed E-state index contributed by atoms with van der Waals surface area (Å²) < 4.78 is 0. The third-order valence-electron chi connectivity index (χ3n) is 4.09. The number of H-pyrrole nitrogens is 1. The monoisotopic (exact) mass is 268 g/mol. The van der Waals surface area contributed by atoms with Crippen molar-refractivity contribution in [1.29, 1.82) is 0 Å². The number of hydrogen-bond donors (Lipinski definition) is 2. The highest BCUT2D eigenvalue weighted by molar-refractivity contribution is 5.53. The molecule has 0 aliphatic carbocycles. The van der Waals surface area contributed by atoms with Crippen LogP contribution in [0.2, 0.25) is 0 Å². The van der Waals surface area contributed by atoms with Crippen LogP contribution in [0.3, 0.4) is 0 Å². The molecule has 1 aromatic heterocycles. The highest BCUT2D eigenvalue weighted by atomic mass is 16.1. The lowest BCUT2D eigenvalue weighted by molar-refractivity contribution is 0.617. The number of nitrogens with one attached hydrogen (secondary N) is 2. The van der Waals surface area contributed by atoms with E-state index in [-0.39, 0.29) is 5.69 Å². The maximum Gasteiger partial charge on any atom is 0.347 e. The van der Waals surface area contributed by atoms with Gasteiger partial charge in [0.05, 0.1) is 0 Å². The molecule has 0 spiro atoms. The molecule has 1 aromatic carbocycles. The van der Waals surface area contributed by atoms with Crippen LogP contribution in [0.25, 0.3) is 0 Å². The molecular formula is C15H16N4O. The van der Waals surface area contributed by atoms with E-state index >= 15 is 0 Å². The molecule has 4 rings (SSSR count). The van der Waals surface area contributed by atoms with Crippen molar-refractivity contribution >= 4 is 5.82 Å². The highest BCUT2D eigenvalue weighted by Gasteiger charge is 2.25. The Morgan fingerprint density at radius 2 is 1.90 bits per heavy atom. The number of aromatic amines is 1. The zero-order chi connectivity index (χ0) is 13.5. The van der Waals surface area contributed by atoms with E-state index in [2.05, 4.69) is 44.5 Å². The zero-order valence-corrected chi connectivity index (χ0v) is 11.1. The van der Waals surface area contributed by atoms with Crippen LogP contribution >= 0.6 is 0 Å². The molecule has 0 saturated carbocycles. The van der Waals surface area contributed by atoms with E-state index in [0.29, 0.717) is 0 Å². The molecule has 3 heterocycles. The number of aromatic nitrogens is 2. The minimum Gasteiger partial charge on any atom is -0.347 e. The molecule has 0 saturated heterocycles. The van der Waals surface area contributed by atoms with Gasteiger partial charge in [-0.1, -0.05) is 24.3 Å². The van der Waals surface area contributed by atoms with Crippen molar-refractivity contribution in [2.24, 2.45) is 0 Å². The topological polar surface area (TPSA) is 61.0 Å². The standard InChI is InChI=1S/C15H16N4O/c20-15-17-13-5-6-16-7-12(13)14(18-15)19-8-10-3-1-2-4-11(10)9-19/h1-4,16H,5-9H2,(H,17,18,20). The second kappa shape index (κ2) is 4.45. The molecule has 5 heteroatoms. The van der Waals surface area contributed by atoms with Crippen molar-refractivity contribution in [2.75, 3.05) is 11.4 Å². The summed E-state index contributed by atoms with van der Waals surface area (Å²) in [5, 5.41) is 3.36. The predicted molar refractivity (Wildman–Crippen MR) is 76.6 cm³/mol. The molecule has 20 heavy (non-hydrogen) atoms. The second-order valence-electron chi connectivity index (χ2n) is 5.37. The Bertz CT molecular complexity index is 697. The SMILES string of the molecule is O=c1nc(N2Cc3ccccc3C2)c2c([nH]1)CCNC2. The zero-order valence-electron chi connectivity index (χ0n) is 11.1. The Balaban J connectivity index is 1.77. The fraction of sp³-hybridized carbons (Fsp3) is 0.333. The lowest BCUT2D eigenvalue weighted by Crippen LogP contribution is -2.32. The van der Waals surface area contributed by atoms with E-state index in [1.807, 2.05) is 0 Å². The molecule has 102 valence electrons. The molecule has 2 N–H and O–H groups in total. The van der Waals surface area contributed by atoms with Gasteiger partial charge < -0.3 is 15.2 Å².